The number of allylic oxidation sites excluding steroid dienone is 1. The van der Waals surface area contributed by atoms with E-state index in [1.165, 1.54) is 108 Å². The molecule has 0 aromatic heterocycles. The van der Waals surface area contributed by atoms with Crippen LogP contribution in [0.3, 0.4) is 0 Å². The minimum atomic E-state index is -0.254. The van der Waals surface area contributed by atoms with Crippen molar-refractivity contribution in [1.82, 2.24) is 0 Å². The van der Waals surface area contributed by atoms with Gasteiger partial charge in [-0.05, 0) is 171 Å². The first-order valence-corrected chi connectivity index (χ1v) is 30.8. The molecule has 2 aromatic rings. The van der Waals surface area contributed by atoms with Crippen molar-refractivity contribution in [3.8, 4) is 29.4 Å². The molecule has 0 heterocycles. The molecular weight excluding hydrogens is 925 g/mol. The molecule has 0 spiro atoms. The van der Waals surface area contributed by atoms with Crippen LogP contribution in [0.5, 0.6) is 5.75 Å². The van der Waals surface area contributed by atoms with Crippen LogP contribution < -0.4 is 4.74 Å². The molecule has 0 aliphatic heterocycles. The Morgan fingerprint density at radius 1 is 0.693 bits per heavy atom. The molecule has 2 aromatic carbocycles. The van der Waals surface area contributed by atoms with E-state index in [2.05, 4.69) is 76.4 Å². The number of carbonyl (C=O) groups is 2. The number of benzene rings is 2. The number of carbonyl (C=O) groups excluding carboxylic acids is 2. The number of ether oxygens (including phenoxy) is 2. The van der Waals surface area contributed by atoms with Gasteiger partial charge in [0.05, 0.1) is 0 Å². The predicted octanol–water partition coefficient (Wildman–Crippen LogP) is 19.2. The van der Waals surface area contributed by atoms with Gasteiger partial charge in [0, 0.05) is 49.4 Å². The molecule has 412 valence electrons. The second-order valence-electron chi connectivity index (χ2n) is 24.7. The van der Waals surface area contributed by atoms with Gasteiger partial charge in [-0.3, -0.25) is 9.59 Å². The molecule has 0 bridgehead atoms. The first kappa shape index (κ1) is 59.9. The van der Waals surface area contributed by atoms with Crippen LogP contribution >= 0.6 is 0 Å². The number of aryl methyl sites for hydroxylation is 1. The number of azo groups is 1. The van der Waals surface area contributed by atoms with E-state index in [-0.39, 0.29) is 18.0 Å². The van der Waals surface area contributed by atoms with Crippen LogP contribution in [0.25, 0.3) is 0 Å². The van der Waals surface area contributed by atoms with Gasteiger partial charge in [0.25, 0.3) is 0 Å². The van der Waals surface area contributed by atoms with Gasteiger partial charge in [-0.1, -0.05) is 178 Å². The van der Waals surface area contributed by atoms with Crippen molar-refractivity contribution in [2.24, 2.45) is 51.5 Å². The molecule has 0 N–H and O–H groups in total. The number of fused-ring (bicyclic) bond motifs is 5. The molecular formula is C68H100N2O5. The van der Waals surface area contributed by atoms with E-state index < -0.39 is 0 Å². The van der Waals surface area contributed by atoms with E-state index in [0.29, 0.717) is 45.7 Å². The van der Waals surface area contributed by atoms with Crippen LogP contribution in [0.15, 0.2) is 65.3 Å². The maximum absolute atomic E-state index is 13.0. The molecule has 0 unspecified atom stereocenters. The first-order chi connectivity index (χ1) is 36.4. The average Bonchev–Trinajstić information content (AvgIpc) is 3.79. The van der Waals surface area contributed by atoms with Crippen LogP contribution in [0, 0.1) is 75.2 Å². The highest BCUT2D eigenvalue weighted by molar-refractivity contribution is 5.72. The average molecular weight is 1030 g/mol. The molecule has 0 saturated heterocycles. The van der Waals surface area contributed by atoms with Gasteiger partial charge in [-0.25, -0.2) is 0 Å². The Morgan fingerprint density at radius 3 is 1.99 bits per heavy atom. The molecule has 3 saturated carbocycles. The van der Waals surface area contributed by atoms with Gasteiger partial charge in [-0.2, -0.15) is 0 Å². The molecule has 8 atom stereocenters. The van der Waals surface area contributed by atoms with Crippen molar-refractivity contribution in [3.63, 3.8) is 0 Å². The van der Waals surface area contributed by atoms with Gasteiger partial charge in [-0.15, -0.1) is 0 Å². The maximum atomic E-state index is 13.0. The molecule has 3 fully saturated rings. The Bertz CT molecular complexity index is 2220. The van der Waals surface area contributed by atoms with Crippen molar-refractivity contribution in [2.45, 2.75) is 260 Å². The summed E-state index contributed by atoms with van der Waals surface area (Å²) >= 11 is 0. The molecule has 6 rings (SSSR count). The number of nitrogens with zero attached hydrogens (tertiary/aromatic N) is 2. The van der Waals surface area contributed by atoms with Crippen molar-refractivity contribution < 1.29 is 23.9 Å². The fourth-order valence-corrected chi connectivity index (χ4v) is 14.2. The maximum Gasteiger partial charge on any atom is 0.311 e. The highest BCUT2D eigenvalue weighted by Crippen LogP contribution is 2.67. The second kappa shape index (κ2) is 31.8. The summed E-state index contributed by atoms with van der Waals surface area (Å²) in [5.41, 5.74) is 4.69. The Morgan fingerprint density at radius 2 is 1.32 bits per heavy atom. The summed E-state index contributed by atoms with van der Waals surface area (Å²) in [5.74, 6) is 17.8. The zero-order valence-corrected chi connectivity index (χ0v) is 48.0. The number of unbranched alkanes of at least 4 members (excludes halogenated alkanes) is 16. The molecule has 7 heteroatoms. The van der Waals surface area contributed by atoms with Gasteiger partial charge in [0.2, 0.25) is 5.69 Å². The van der Waals surface area contributed by atoms with Crippen LogP contribution in [0.4, 0.5) is 11.4 Å². The lowest BCUT2D eigenvalue weighted by molar-refractivity contribution is -0.435. The van der Waals surface area contributed by atoms with E-state index in [1.54, 1.807) is 29.8 Å². The molecule has 0 amide bonds. The Labute approximate surface area is 456 Å². The van der Waals surface area contributed by atoms with Gasteiger partial charge < -0.3 is 14.7 Å². The number of hydrogen-bond donors (Lipinski definition) is 0. The summed E-state index contributed by atoms with van der Waals surface area (Å²) < 4.78 is 11.7. The second-order valence-corrected chi connectivity index (χ2v) is 24.7. The van der Waals surface area contributed by atoms with E-state index in [9.17, 15) is 14.8 Å². The third-order valence-electron chi connectivity index (χ3n) is 18.7. The Kier molecular flexibility index (Phi) is 25.4. The standard InChI is InChI=1S/C68H100N2O5/c1-7-8-9-24-27-33-55-36-39-57(40-37-55)69-70(73)58-41-43-59(44-42-58)74-65(71)34-28-25-22-20-18-16-14-12-10-11-13-15-17-19-21-23-26-29-35-66(72)75-60-48-50-67(5)56(52-60)38-45-61-63-47-46-62(54(4)32-30-31-53(2)3)68(63,6)51-49-64(61)67/h36-44,53-54,60-64H,7-9,14-35,45-52H2,1-6H3/t54-,60+,61+,62-,63+,64+,67+,68-/m1/s1. The summed E-state index contributed by atoms with van der Waals surface area (Å²) in [6.45, 7) is 14.8. The smallest absolute Gasteiger partial charge is 0.311 e. The SMILES string of the molecule is CCCCCCCc1ccc(N=[N+]([O-])c2ccc(OC(=O)CCCCCCCCC#CC#CCCCCCCCCC(=O)O[C@H]3CC[C@@]4(C)C(=CC[C@H]5[C@@H]6CC[C@H]([C@H](C)CCCC(C)C)[C@@]6(C)CC[C@@H]54)C3)cc2)cc1. The lowest BCUT2D eigenvalue weighted by Gasteiger charge is -2.58. The van der Waals surface area contributed by atoms with E-state index in [0.717, 1.165) is 132 Å². The van der Waals surface area contributed by atoms with Crippen molar-refractivity contribution in [3.05, 3.63) is 71.0 Å². The van der Waals surface area contributed by atoms with Gasteiger partial charge in [0.15, 0.2) is 0 Å². The minimum Gasteiger partial charge on any atom is -0.594 e. The topological polar surface area (TPSA) is 91.0 Å². The van der Waals surface area contributed by atoms with Crippen molar-refractivity contribution >= 4 is 23.3 Å². The fraction of sp³-hybridized carbons (Fsp3) is 0.706. The van der Waals surface area contributed by atoms with Crippen LogP contribution in [-0.2, 0) is 20.7 Å². The first-order valence-electron chi connectivity index (χ1n) is 30.8. The quantitative estimate of drug-likeness (QED) is 0.0110. The lowest BCUT2D eigenvalue weighted by atomic mass is 9.47. The fourth-order valence-electron chi connectivity index (χ4n) is 14.2. The molecule has 0 radical (unpaired) electrons. The summed E-state index contributed by atoms with van der Waals surface area (Å²) in [5, 5.41) is 16.8. The molecule has 4 aliphatic carbocycles. The summed E-state index contributed by atoms with van der Waals surface area (Å²) in [7, 11) is 0. The third kappa shape index (κ3) is 19.0. The predicted molar refractivity (Wildman–Crippen MR) is 309 cm³/mol. The van der Waals surface area contributed by atoms with Crippen molar-refractivity contribution in [1.29, 1.82) is 0 Å². The summed E-state index contributed by atoms with van der Waals surface area (Å²) in [6.07, 6.45) is 39.8. The largest absolute Gasteiger partial charge is 0.594 e. The highest BCUT2D eigenvalue weighted by Gasteiger charge is 2.59. The number of esters is 2. The molecule has 75 heavy (non-hydrogen) atoms. The van der Waals surface area contributed by atoms with Gasteiger partial charge >= 0.3 is 11.9 Å². The van der Waals surface area contributed by atoms with Crippen LogP contribution in [0.1, 0.15) is 253 Å². The molecule has 4 aliphatic rings. The van der Waals surface area contributed by atoms with Crippen molar-refractivity contribution in [2.75, 3.05) is 0 Å². The summed E-state index contributed by atoms with van der Waals surface area (Å²) in [4.78, 5) is 26.0. The van der Waals surface area contributed by atoms with E-state index in [1.807, 2.05) is 24.3 Å². The Hall–Kier alpha value is -4.36. The van der Waals surface area contributed by atoms with Crippen LogP contribution in [0.2, 0.25) is 0 Å². The molecule has 7 nitrogen and oxygen atoms in total. The third-order valence-corrected chi connectivity index (χ3v) is 18.7. The number of hydrogen-bond acceptors (Lipinski definition) is 6. The number of rotatable bonds is 31. The zero-order valence-electron chi connectivity index (χ0n) is 48.0. The monoisotopic (exact) mass is 1020 g/mol. The van der Waals surface area contributed by atoms with Crippen LogP contribution in [-0.4, -0.2) is 22.9 Å². The van der Waals surface area contributed by atoms with Gasteiger partial charge in [0.1, 0.15) is 17.5 Å². The lowest BCUT2D eigenvalue weighted by Crippen LogP contribution is -2.51. The van der Waals surface area contributed by atoms with E-state index >= 15 is 0 Å². The highest BCUT2D eigenvalue weighted by atomic mass is 16.5. The summed E-state index contributed by atoms with van der Waals surface area (Å²) in [6, 6.07) is 14.4. The normalized spacial score (nSPS) is 24.4. The Balaban J connectivity index is 0.722. The van der Waals surface area contributed by atoms with E-state index in [4.69, 9.17) is 9.47 Å². The minimum absolute atomic E-state index is 0.0122. The zero-order chi connectivity index (χ0) is 53.3.